The van der Waals surface area contributed by atoms with Crippen LogP contribution in [0.4, 0.5) is 10.5 Å². The van der Waals surface area contributed by atoms with Crippen LogP contribution in [0.15, 0.2) is 12.1 Å². The number of carbonyl (C=O) groups is 1. The van der Waals surface area contributed by atoms with Crippen molar-refractivity contribution < 1.29 is 4.79 Å². The number of nitrogens with zero attached hydrogens (tertiary/aromatic N) is 2. The van der Waals surface area contributed by atoms with Crippen molar-refractivity contribution in [3.8, 4) is 0 Å². The lowest BCUT2D eigenvalue weighted by molar-refractivity contribution is 0.194. The van der Waals surface area contributed by atoms with Crippen LogP contribution in [0.25, 0.3) is 0 Å². The molecule has 23 heavy (non-hydrogen) atoms. The minimum absolute atomic E-state index is 0.0955. The van der Waals surface area contributed by atoms with Gasteiger partial charge < -0.3 is 15.1 Å². The summed E-state index contributed by atoms with van der Waals surface area (Å²) < 4.78 is 0. The summed E-state index contributed by atoms with van der Waals surface area (Å²) in [7, 11) is 0. The Morgan fingerprint density at radius 1 is 1.04 bits per heavy atom. The van der Waals surface area contributed by atoms with Crippen LogP contribution in [0.3, 0.4) is 0 Å². The summed E-state index contributed by atoms with van der Waals surface area (Å²) in [5.41, 5.74) is 5.33. The monoisotopic (exact) mass is 317 g/mol. The number of benzene rings is 1. The summed E-state index contributed by atoms with van der Waals surface area (Å²) in [5.74, 6) is 0. The molecule has 2 amide bonds. The first kappa shape index (κ1) is 17.6. The van der Waals surface area contributed by atoms with Gasteiger partial charge in [-0.2, -0.15) is 0 Å². The Hall–Kier alpha value is -1.71. The summed E-state index contributed by atoms with van der Waals surface area (Å²) >= 11 is 0. The predicted octanol–water partition coefficient (Wildman–Crippen LogP) is 3.63. The summed E-state index contributed by atoms with van der Waals surface area (Å²) in [6.45, 7) is 12.9. The van der Waals surface area contributed by atoms with Crippen LogP contribution in [0.1, 0.15) is 42.9 Å². The van der Waals surface area contributed by atoms with E-state index in [0.717, 1.165) is 39.1 Å². The number of amides is 2. The van der Waals surface area contributed by atoms with Gasteiger partial charge in [0.25, 0.3) is 0 Å². The average Bonchev–Trinajstić information content (AvgIpc) is 2.51. The highest BCUT2D eigenvalue weighted by atomic mass is 16.2. The van der Waals surface area contributed by atoms with E-state index in [0.29, 0.717) is 0 Å². The van der Waals surface area contributed by atoms with Crippen molar-refractivity contribution in [2.75, 3.05) is 37.6 Å². The zero-order valence-corrected chi connectivity index (χ0v) is 15.1. The second-order valence-electron chi connectivity index (χ2n) is 6.66. The Bertz CT molecular complexity index is 510. The minimum atomic E-state index is 0.0955. The molecule has 1 aromatic carbocycles. The van der Waals surface area contributed by atoms with Gasteiger partial charge in [-0.05, 0) is 38.3 Å². The number of hydrogen-bond acceptors (Lipinski definition) is 2. The van der Waals surface area contributed by atoms with Crippen LogP contribution >= 0.6 is 0 Å². The number of rotatable bonds is 5. The van der Waals surface area contributed by atoms with Crippen LogP contribution in [-0.2, 0) is 0 Å². The molecule has 1 fully saturated rings. The third-order valence-electron chi connectivity index (χ3n) is 4.58. The number of unbranched alkanes of at least 4 members (excludes halogenated alkanes) is 2. The largest absolute Gasteiger partial charge is 0.368 e. The van der Waals surface area contributed by atoms with E-state index in [2.05, 4.69) is 50.0 Å². The number of carbonyl (C=O) groups excluding carboxylic acids is 1. The SMILES string of the molecule is CCCCCNC(=O)N1CCN(c2c(C)cc(C)cc2C)CC1. The van der Waals surface area contributed by atoms with Gasteiger partial charge in [-0.3, -0.25) is 0 Å². The molecule has 1 N–H and O–H groups in total. The van der Waals surface area contributed by atoms with E-state index in [1.165, 1.54) is 35.2 Å². The molecule has 128 valence electrons. The summed E-state index contributed by atoms with van der Waals surface area (Å²) in [5, 5.41) is 3.04. The first-order valence-corrected chi connectivity index (χ1v) is 8.88. The molecule has 2 rings (SSSR count). The molecule has 0 saturated carbocycles. The molecule has 4 nitrogen and oxygen atoms in total. The molecule has 0 spiro atoms. The second-order valence-corrected chi connectivity index (χ2v) is 6.66. The molecule has 0 unspecified atom stereocenters. The van der Waals surface area contributed by atoms with Gasteiger partial charge in [-0.25, -0.2) is 4.79 Å². The maximum Gasteiger partial charge on any atom is 0.317 e. The molecule has 0 aromatic heterocycles. The lowest BCUT2D eigenvalue weighted by Crippen LogP contribution is -2.52. The Kier molecular flexibility index (Phi) is 6.31. The molecular formula is C19H31N3O. The van der Waals surface area contributed by atoms with Gasteiger partial charge >= 0.3 is 6.03 Å². The Morgan fingerprint density at radius 2 is 1.65 bits per heavy atom. The molecule has 1 aliphatic rings. The van der Waals surface area contributed by atoms with Gasteiger partial charge in [-0.1, -0.05) is 37.5 Å². The smallest absolute Gasteiger partial charge is 0.317 e. The first-order chi connectivity index (χ1) is 11.0. The first-order valence-electron chi connectivity index (χ1n) is 8.88. The minimum Gasteiger partial charge on any atom is -0.368 e. The van der Waals surface area contributed by atoms with Gasteiger partial charge in [0, 0.05) is 38.4 Å². The summed E-state index contributed by atoms with van der Waals surface area (Å²) in [6, 6.07) is 4.59. The zero-order chi connectivity index (χ0) is 16.8. The lowest BCUT2D eigenvalue weighted by atomic mass is 10.0. The van der Waals surface area contributed by atoms with E-state index >= 15 is 0 Å². The Labute approximate surface area is 140 Å². The number of nitrogens with one attached hydrogen (secondary N) is 1. The van der Waals surface area contributed by atoms with Crippen LogP contribution in [0, 0.1) is 20.8 Å². The molecular weight excluding hydrogens is 286 g/mol. The Morgan fingerprint density at radius 3 is 2.22 bits per heavy atom. The Balaban J connectivity index is 1.88. The third-order valence-corrected chi connectivity index (χ3v) is 4.58. The van der Waals surface area contributed by atoms with Crippen molar-refractivity contribution in [3.63, 3.8) is 0 Å². The van der Waals surface area contributed by atoms with Crippen LogP contribution in [0.5, 0.6) is 0 Å². The van der Waals surface area contributed by atoms with Crippen molar-refractivity contribution >= 4 is 11.7 Å². The fraction of sp³-hybridized carbons (Fsp3) is 0.632. The van der Waals surface area contributed by atoms with Gasteiger partial charge in [0.2, 0.25) is 0 Å². The number of urea groups is 1. The lowest BCUT2D eigenvalue weighted by Gasteiger charge is -2.37. The van der Waals surface area contributed by atoms with Crippen molar-refractivity contribution in [1.29, 1.82) is 0 Å². The fourth-order valence-electron chi connectivity index (χ4n) is 3.49. The highest BCUT2D eigenvalue weighted by molar-refractivity contribution is 5.74. The third kappa shape index (κ3) is 4.63. The zero-order valence-electron chi connectivity index (χ0n) is 15.1. The van der Waals surface area contributed by atoms with E-state index in [1.807, 2.05) is 4.90 Å². The number of anilines is 1. The molecule has 0 atom stereocenters. The standard InChI is InChI=1S/C19H31N3O/c1-5-6-7-8-20-19(23)22-11-9-21(10-12-22)18-16(3)13-15(2)14-17(18)4/h13-14H,5-12H2,1-4H3,(H,20,23). The van der Waals surface area contributed by atoms with E-state index < -0.39 is 0 Å². The molecule has 1 saturated heterocycles. The van der Waals surface area contributed by atoms with E-state index in [9.17, 15) is 4.79 Å². The van der Waals surface area contributed by atoms with Crippen LogP contribution in [-0.4, -0.2) is 43.7 Å². The quantitative estimate of drug-likeness (QED) is 0.842. The van der Waals surface area contributed by atoms with Gasteiger partial charge in [0.05, 0.1) is 0 Å². The van der Waals surface area contributed by atoms with Crippen molar-refractivity contribution in [2.24, 2.45) is 0 Å². The summed E-state index contributed by atoms with van der Waals surface area (Å²) in [4.78, 5) is 16.5. The van der Waals surface area contributed by atoms with Gasteiger partial charge in [0.1, 0.15) is 0 Å². The molecule has 0 aliphatic carbocycles. The average molecular weight is 317 g/mol. The van der Waals surface area contributed by atoms with E-state index in [4.69, 9.17) is 0 Å². The van der Waals surface area contributed by atoms with E-state index in [-0.39, 0.29) is 6.03 Å². The molecule has 1 heterocycles. The van der Waals surface area contributed by atoms with E-state index in [1.54, 1.807) is 0 Å². The van der Waals surface area contributed by atoms with Crippen molar-refractivity contribution in [2.45, 2.75) is 47.0 Å². The number of aryl methyl sites for hydroxylation is 3. The summed E-state index contributed by atoms with van der Waals surface area (Å²) in [6.07, 6.45) is 3.44. The normalized spacial score (nSPS) is 15.0. The van der Waals surface area contributed by atoms with Gasteiger partial charge in [0.15, 0.2) is 0 Å². The molecule has 0 radical (unpaired) electrons. The van der Waals surface area contributed by atoms with Crippen LogP contribution < -0.4 is 10.2 Å². The highest BCUT2D eigenvalue weighted by Gasteiger charge is 2.22. The molecule has 0 bridgehead atoms. The van der Waals surface area contributed by atoms with Crippen LogP contribution in [0.2, 0.25) is 0 Å². The molecule has 1 aliphatic heterocycles. The maximum atomic E-state index is 12.2. The number of hydrogen-bond donors (Lipinski definition) is 1. The molecule has 4 heteroatoms. The molecule has 1 aromatic rings. The van der Waals surface area contributed by atoms with Crippen molar-refractivity contribution in [1.82, 2.24) is 10.2 Å². The maximum absolute atomic E-state index is 12.2. The van der Waals surface area contributed by atoms with Crippen molar-refractivity contribution in [3.05, 3.63) is 28.8 Å². The second kappa shape index (κ2) is 8.23. The predicted molar refractivity (Wildman–Crippen MR) is 97.4 cm³/mol. The number of piperazine rings is 1. The highest BCUT2D eigenvalue weighted by Crippen LogP contribution is 2.27. The van der Waals surface area contributed by atoms with Gasteiger partial charge in [-0.15, -0.1) is 0 Å². The fourth-order valence-corrected chi connectivity index (χ4v) is 3.49. The topological polar surface area (TPSA) is 35.6 Å².